The number of imidazole rings is 2. The van der Waals surface area contributed by atoms with Crippen LogP contribution >= 0.6 is 0 Å². The summed E-state index contributed by atoms with van der Waals surface area (Å²) in [4.78, 5) is 13.1. The topological polar surface area (TPSA) is 44.8 Å². The van der Waals surface area contributed by atoms with Crippen LogP contribution in [0.25, 0.3) is 22.7 Å². The van der Waals surface area contributed by atoms with Gasteiger partial charge in [0.1, 0.15) is 5.82 Å². The second-order valence-electron chi connectivity index (χ2n) is 3.40. The van der Waals surface area contributed by atoms with Crippen LogP contribution < -0.4 is 4.98 Å². The molecular formula is C11H9N4Pt-. The summed E-state index contributed by atoms with van der Waals surface area (Å²) in [6, 6.07) is 7.82. The number of nitrogens with zero attached hydrogens (tertiary/aromatic N) is 4. The molecule has 0 unspecified atom stereocenters. The zero-order chi connectivity index (χ0) is 10.3. The minimum Gasteiger partial charge on any atom is -0.433 e. The summed E-state index contributed by atoms with van der Waals surface area (Å²) in [5, 5.41) is 0. The molecule has 2 heterocycles. The molecular weight excluding hydrogens is 383 g/mol. The Balaban J connectivity index is 0.000000963. The minimum atomic E-state index is 0. The van der Waals surface area contributed by atoms with Crippen molar-refractivity contribution >= 4 is 11.0 Å². The summed E-state index contributed by atoms with van der Waals surface area (Å²) < 4.78 is 1.91. The summed E-state index contributed by atoms with van der Waals surface area (Å²) in [6.07, 6.45) is 3.63. The quantitative estimate of drug-likeness (QED) is 0.632. The van der Waals surface area contributed by atoms with Crippen molar-refractivity contribution in [1.82, 2.24) is 19.5 Å². The van der Waals surface area contributed by atoms with E-state index in [9.17, 15) is 0 Å². The molecule has 3 aromatic rings. The van der Waals surface area contributed by atoms with Gasteiger partial charge in [0.25, 0.3) is 0 Å². The maximum atomic E-state index is 4.42. The van der Waals surface area contributed by atoms with Gasteiger partial charge in [0.15, 0.2) is 0 Å². The Bertz CT molecular complexity index is 578. The number of rotatable bonds is 1. The summed E-state index contributed by atoms with van der Waals surface area (Å²) in [5.74, 6) is 1.48. The van der Waals surface area contributed by atoms with Crippen LogP contribution in [0.5, 0.6) is 0 Å². The normalized spacial score (nSPS) is 10.3. The summed E-state index contributed by atoms with van der Waals surface area (Å²) in [5.41, 5.74) is 1.83. The van der Waals surface area contributed by atoms with E-state index in [0.717, 1.165) is 16.9 Å². The first kappa shape index (κ1) is 11.1. The number of para-hydroxylation sites is 2. The molecule has 0 saturated heterocycles. The average molecular weight is 392 g/mol. The Morgan fingerprint density at radius 2 is 2.06 bits per heavy atom. The van der Waals surface area contributed by atoms with Crippen LogP contribution in [0.2, 0.25) is 0 Å². The number of hydrogen-bond acceptors (Lipinski definition) is 2. The third-order valence-electron chi connectivity index (χ3n) is 2.36. The van der Waals surface area contributed by atoms with Crippen molar-refractivity contribution in [3.8, 4) is 11.6 Å². The van der Waals surface area contributed by atoms with Gasteiger partial charge >= 0.3 is 0 Å². The number of hydrogen-bond donors (Lipinski definition) is 0. The first-order valence-electron chi connectivity index (χ1n) is 4.72. The third kappa shape index (κ3) is 1.69. The van der Waals surface area contributed by atoms with Crippen LogP contribution in [0.15, 0.2) is 36.7 Å². The Kier molecular flexibility index (Phi) is 2.92. The summed E-state index contributed by atoms with van der Waals surface area (Å²) in [6.45, 7) is 0. The summed E-state index contributed by atoms with van der Waals surface area (Å²) in [7, 11) is 1.93. The smallest absolute Gasteiger partial charge is 0.131 e. The zero-order valence-corrected chi connectivity index (χ0v) is 10.8. The standard InChI is InChI=1S/C11H9N4.Pt/c1-15-7-6-12-11(15)10-13-8-4-2-3-5-9(8)14-10;/h2-7H,1H3;/q-1;. The molecule has 0 aliphatic carbocycles. The molecule has 0 amide bonds. The fourth-order valence-corrected chi connectivity index (χ4v) is 1.59. The molecule has 0 spiro atoms. The van der Waals surface area contributed by atoms with Crippen molar-refractivity contribution < 1.29 is 21.1 Å². The van der Waals surface area contributed by atoms with E-state index in [4.69, 9.17) is 0 Å². The Hall–Kier alpha value is -1.41. The second kappa shape index (κ2) is 4.22. The number of benzene rings is 1. The van der Waals surface area contributed by atoms with Gasteiger partial charge in [0.2, 0.25) is 0 Å². The van der Waals surface area contributed by atoms with Crippen molar-refractivity contribution in [2.24, 2.45) is 7.05 Å². The summed E-state index contributed by atoms with van der Waals surface area (Å²) >= 11 is 0. The van der Waals surface area contributed by atoms with Gasteiger partial charge in [-0.1, -0.05) is 24.3 Å². The monoisotopic (exact) mass is 392 g/mol. The van der Waals surface area contributed by atoms with Gasteiger partial charge in [-0.05, 0) is 16.9 Å². The van der Waals surface area contributed by atoms with Gasteiger partial charge in [-0.3, -0.25) is 0 Å². The van der Waals surface area contributed by atoms with Crippen LogP contribution in [-0.4, -0.2) is 14.5 Å². The van der Waals surface area contributed by atoms with Crippen LogP contribution in [0.4, 0.5) is 0 Å². The van der Waals surface area contributed by atoms with E-state index in [1.54, 1.807) is 6.20 Å². The van der Waals surface area contributed by atoms with Gasteiger partial charge in [-0.25, -0.2) is 4.98 Å². The molecule has 0 radical (unpaired) electrons. The molecule has 3 rings (SSSR count). The van der Waals surface area contributed by atoms with E-state index >= 15 is 0 Å². The van der Waals surface area contributed by atoms with E-state index in [2.05, 4.69) is 15.0 Å². The molecule has 0 saturated carbocycles. The predicted octanol–water partition coefficient (Wildman–Crippen LogP) is 1.59. The van der Waals surface area contributed by atoms with E-state index in [-0.39, 0.29) is 21.1 Å². The molecule has 84 valence electrons. The molecule has 1 aromatic carbocycles. The molecule has 2 aromatic heterocycles. The minimum absolute atomic E-state index is 0. The SMILES string of the molecule is Cn1ccnc1-c1nc2ccccc2[n-]1.[Pt]. The first-order chi connectivity index (χ1) is 7.34. The molecule has 0 aliphatic rings. The molecule has 4 nitrogen and oxygen atoms in total. The molecule has 16 heavy (non-hydrogen) atoms. The van der Waals surface area contributed by atoms with Crippen LogP contribution in [0.3, 0.4) is 0 Å². The van der Waals surface area contributed by atoms with Crippen molar-refractivity contribution in [2.75, 3.05) is 0 Å². The van der Waals surface area contributed by atoms with Gasteiger partial charge in [0, 0.05) is 40.5 Å². The zero-order valence-electron chi connectivity index (χ0n) is 8.57. The van der Waals surface area contributed by atoms with Crippen LogP contribution in [0, 0.1) is 0 Å². The Labute approximate surface area is 107 Å². The largest absolute Gasteiger partial charge is 0.433 e. The third-order valence-corrected chi connectivity index (χ3v) is 2.36. The predicted molar refractivity (Wildman–Crippen MR) is 57.3 cm³/mol. The van der Waals surface area contributed by atoms with Crippen molar-refractivity contribution in [3.05, 3.63) is 36.7 Å². The molecule has 0 bridgehead atoms. The molecule has 0 atom stereocenters. The Morgan fingerprint density at radius 3 is 2.75 bits per heavy atom. The number of aromatic nitrogens is 4. The fourth-order valence-electron chi connectivity index (χ4n) is 1.59. The average Bonchev–Trinajstić information content (AvgIpc) is 2.82. The van der Waals surface area contributed by atoms with Crippen molar-refractivity contribution in [1.29, 1.82) is 0 Å². The van der Waals surface area contributed by atoms with E-state index in [0.29, 0.717) is 5.82 Å². The van der Waals surface area contributed by atoms with Crippen molar-refractivity contribution in [3.63, 3.8) is 0 Å². The van der Waals surface area contributed by atoms with E-state index < -0.39 is 0 Å². The Morgan fingerprint density at radius 1 is 1.25 bits per heavy atom. The van der Waals surface area contributed by atoms with E-state index in [1.807, 2.05) is 42.1 Å². The molecule has 0 fully saturated rings. The molecule has 0 N–H and O–H groups in total. The van der Waals surface area contributed by atoms with Crippen molar-refractivity contribution in [2.45, 2.75) is 0 Å². The maximum Gasteiger partial charge on any atom is 0.131 e. The first-order valence-corrected chi connectivity index (χ1v) is 4.72. The van der Waals surface area contributed by atoms with Crippen LogP contribution in [-0.2, 0) is 28.1 Å². The van der Waals surface area contributed by atoms with Gasteiger partial charge < -0.3 is 14.5 Å². The van der Waals surface area contributed by atoms with E-state index in [1.165, 1.54) is 0 Å². The molecule has 0 aliphatic heterocycles. The molecule has 5 heteroatoms. The number of aryl methyl sites for hydroxylation is 1. The van der Waals surface area contributed by atoms with Crippen LogP contribution in [0.1, 0.15) is 0 Å². The second-order valence-corrected chi connectivity index (χ2v) is 3.40. The van der Waals surface area contributed by atoms with Gasteiger partial charge in [0.05, 0.1) is 0 Å². The maximum absolute atomic E-state index is 4.42. The van der Waals surface area contributed by atoms with Gasteiger partial charge in [-0.15, -0.1) is 0 Å². The number of fused-ring (bicyclic) bond motifs is 1. The van der Waals surface area contributed by atoms with Gasteiger partial charge in [-0.2, -0.15) is 0 Å². The fraction of sp³-hybridized carbons (Fsp3) is 0.0909.